The van der Waals surface area contributed by atoms with Crippen LogP contribution in [-0.2, 0) is 5.54 Å². The van der Waals surface area contributed by atoms with Gasteiger partial charge in [0.15, 0.2) is 0 Å². The van der Waals surface area contributed by atoms with E-state index in [1.807, 2.05) is 12.1 Å². The fourth-order valence-corrected chi connectivity index (χ4v) is 6.68. The molecular weight excluding hydrogens is 388 g/mol. The Labute approximate surface area is 196 Å². The molecule has 3 aromatic rings. The van der Waals surface area contributed by atoms with E-state index in [1.54, 1.807) is 0 Å². The normalized spacial score (nSPS) is 26.7. The molecule has 2 heteroatoms. The van der Waals surface area contributed by atoms with Gasteiger partial charge in [0.05, 0.1) is 11.2 Å². The number of aryl methyl sites for hydroxylation is 1. The van der Waals surface area contributed by atoms with E-state index in [2.05, 4.69) is 90.4 Å². The molecule has 3 aromatic carbocycles. The van der Waals surface area contributed by atoms with Crippen LogP contribution in [0.15, 0.2) is 84.6 Å². The molecule has 1 aliphatic carbocycles. The SMILES string of the molecule is [2H]C([2H])([2H])C1N(c2ccccc2C)C(C)=C2c3ccccc3C(c3ccccc3)(C3CCCC3)N21. The van der Waals surface area contributed by atoms with Crippen LogP contribution in [0.5, 0.6) is 0 Å². The van der Waals surface area contributed by atoms with Gasteiger partial charge in [-0.3, -0.25) is 0 Å². The van der Waals surface area contributed by atoms with Gasteiger partial charge >= 0.3 is 0 Å². The zero-order valence-corrected chi connectivity index (χ0v) is 18.9. The predicted molar refractivity (Wildman–Crippen MR) is 133 cm³/mol. The molecule has 0 radical (unpaired) electrons. The van der Waals surface area contributed by atoms with E-state index in [0.717, 1.165) is 35.5 Å². The lowest BCUT2D eigenvalue weighted by Gasteiger charge is -2.48. The van der Waals surface area contributed by atoms with Gasteiger partial charge in [-0.25, -0.2) is 0 Å². The first-order valence-electron chi connectivity index (χ1n) is 13.4. The van der Waals surface area contributed by atoms with Crippen LogP contribution in [-0.4, -0.2) is 11.1 Å². The number of anilines is 1. The van der Waals surface area contributed by atoms with Crippen molar-refractivity contribution in [3.63, 3.8) is 0 Å². The Bertz CT molecular complexity index is 1290. The van der Waals surface area contributed by atoms with Gasteiger partial charge in [-0.05, 0) is 62.2 Å². The molecule has 0 spiro atoms. The molecule has 0 amide bonds. The Morgan fingerprint density at radius 1 is 0.844 bits per heavy atom. The molecule has 2 heterocycles. The van der Waals surface area contributed by atoms with Crippen molar-refractivity contribution in [3.05, 3.63) is 107 Å². The zero-order valence-electron chi connectivity index (χ0n) is 21.9. The van der Waals surface area contributed by atoms with Gasteiger partial charge in [-0.1, -0.05) is 85.6 Å². The highest BCUT2D eigenvalue weighted by Crippen LogP contribution is 2.61. The number of fused-ring (bicyclic) bond motifs is 3. The van der Waals surface area contributed by atoms with Gasteiger partial charge < -0.3 is 9.80 Å². The first-order chi connectivity index (χ1) is 16.9. The largest absolute Gasteiger partial charge is 0.335 e. The third-order valence-corrected chi connectivity index (χ3v) is 7.94. The maximum atomic E-state index is 8.86. The van der Waals surface area contributed by atoms with E-state index in [1.165, 1.54) is 29.5 Å². The van der Waals surface area contributed by atoms with Crippen LogP contribution in [0.3, 0.4) is 0 Å². The molecule has 2 aliphatic heterocycles. The number of allylic oxidation sites excluding steroid dienone is 1. The quantitative estimate of drug-likeness (QED) is 0.436. The summed E-state index contributed by atoms with van der Waals surface area (Å²) < 4.78 is 26.6. The van der Waals surface area contributed by atoms with Crippen LogP contribution in [0.1, 0.15) is 65.8 Å². The number of hydrogen-bond donors (Lipinski definition) is 0. The molecule has 2 atom stereocenters. The van der Waals surface area contributed by atoms with Crippen LogP contribution in [0, 0.1) is 12.8 Å². The summed E-state index contributed by atoms with van der Waals surface area (Å²) >= 11 is 0. The summed E-state index contributed by atoms with van der Waals surface area (Å²) in [6, 6.07) is 27.5. The lowest BCUT2D eigenvalue weighted by molar-refractivity contribution is 0.114. The van der Waals surface area contributed by atoms with Crippen LogP contribution < -0.4 is 4.90 Å². The number of benzene rings is 3. The summed E-state index contributed by atoms with van der Waals surface area (Å²) in [4.78, 5) is 4.41. The first kappa shape index (κ1) is 16.6. The molecule has 0 aromatic heterocycles. The molecule has 6 rings (SSSR count). The monoisotopic (exact) mass is 423 g/mol. The molecule has 162 valence electrons. The molecule has 32 heavy (non-hydrogen) atoms. The highest BCUT2D eigenvalue weighted by atomic mass is 15.5. The molecule has 3 aliphatic rings. The van der Waals surface area contributed by atoms with E-state index >= 15 is 0 Å². The molecule has 2 nitrogen and oxygen atoms in total. The highest BCUT2D eigenvalue weighted by molar-refractivity contribution is 5.84. The van der Waals surface area contributed by atoms with Crippen LogP contribution in [0.4, 0.5) is 5.69 Å². The standard InChI is InChI=1S/C30H32N2/c1-21-13-7-12-20-28(21)31-22(2)29-26-18-10-11-19-27(26)30(32(29)23(31)3,25-16-8-9-17-25)24-14-5-4-6-15-24/h4-7,10-15,18-20,23,25H,8-9,16-17H2,1-3H3/i3D3. The van der Waals surface area contributed by atoms with Gasteiger partial charge in [-0.2, -0.15) is 0 Å². The predicted octanol–water partition coefficient (Wildman–Crippen LogP) is 7.30. The van der Waals surface area contributed by atoms with Crippen molar-refractivity contribution in [3.8, 4) is 0 Å². The van der Waals surface area contributed by atoms with E-state index < -0.39 is 18.6 Å². The van der Waals surface area contributed by atoms with Crippen molar-refractivity contribution in [2.24, 2.45) is 5.92 Å². The van der Waals surface area contributed by atoms with E-state index in [9.17, 15) is 0 Å². The minimum Gasteiger partial charge on any atom is -0.335 e. The van der Waals surface area contributed by atoms with Gasteiger partial charge in [0.25, 0.3) is 0 Å². The van der Waals surface area contributed by atoms with Crippen LogP contribution in [0.25, 0.3) is 5.70 Å². The summed E-state index contributed by atoms with van der Waals surface area (Å²) in [5, 5.41) is 0. The van der Waals surface area contributed by atoms with Gasteiger partial charge in [-0.15, -0.1) is 0 Å². The molecular formula is C30H32N2. The average molecular weight is 424 g/mol. The Morgan fingerprint density at radius 2 is 1.53 bits per heavy atom. The summed E-state index contributed by atoms with van der Waals surface area (Å²) in [6.45, 7) is 1.96. The first-order valence-corrected chi connectivity index (χ1v) is 11.9. The Balaban J connectivity index is 1.71. The van der Waals surface area contributed by atoms with Crippen molar-refractivity contribution in [1.29, 1.82) is 0 Å². The minimum atomic E-state index is -2.22. The Morgan fingerprint density at radius 3 is 2.28 bits per heavy atom. The van der Waals surface area contributed by atoms with E-state index in [0.29, 0.717) is 5.92 Å². The molecule has 2 unspecified atom stereocenters. The van der Waals surface area contributed by atoms with Gasteiger partial charge in [0.2, 0.25) is 0 Å². The third kappa shape index (κ3) is 2.47. The smallest absolute Gasteiger partial charge is 0.104 e. The number of rotatable bonds is 3. The number of hydrogen-bond acceptors (Lipinski definition) is 2. The van der Waals surface area contributed by atoms with Crippen molar-refractivity contribution in [2.75, 3.05) is 4.90 Å². The highest BCUT2D eigenvalue weighted by Gasteiger charge is 2.58. The summed E-state index contributed by atoms with van der Waals surface area (Å²) in [7, 11) is 0. The fraction of sp³-hybridized carbons (Fsp3) is 0.333. The number of nitrogens with zero attached hydrogens (tertiary/aromatic N) is 2. The fourth-order valence-electron chi connectivity index (χ4n) is 6.68. The second kappa shape index (κ2) is 7.27. The minimum absolute atomic E-state index is 0.345. The topological polar surface area (TPSA) is 6.48 Å². The molecule has 1 fully saturated rings. The lowest BCUT2D eigenvalue weighted by atomic mass is 9.71. The van der Waals surface area contributed by atoms with Crippen LogP contribution >= 0.6 is 0 Å². The van der Waals surface area contributed by atoms with Crippen molar-refractivity contribution < 1.29 is 4.11 Å². The van der Waals surface area contributed by atoms with Gasteiger partial charge in [0, 0.05) is 21.1 Å². The van der Waals surface area contributed by atoms with E-state index in [-0.39, 0.29) is 0 Å². The number of para-hydroxylation sites is 1. The Hall–Kier alpha value is -3.00. The maximum Gasteiger partial charge on any atom is 0.104 e. The molecule has 0 saturated heterocycles. The van der Waals surface area contributed by atoms with Gasteiger partial charge in [0.1, 0.15) is 6.17 Å². The van der Waals surface area contributed by atoms with Crippen molar-refractivity contribution >= 4 is 11.4 Å². The second-order valence-corrected chi connectivity index (χ2v) is 9.49. The average Bonchev–Trinajstić information content (AvgIpc) is 3.55. The zero-order chi connectivity index (χ0) is 24.4. The second-order valence-electron chi connectivity index (χ2n) is 9.49. The third-order valence-electron chi connectivity index (χ3n) is 7.94. The Kier molecular flexibility index (Phi) is 3.77. The molecule has 1 saturated carbocycles. The van der Waals surface area contributed by atoms with Crippen molar-refractivity contribution in [1.82, 2.24) is 4.90 Å². The molecule has 0 bridgehead atoms. The molecule has 0 N–H and O–H groups in total. The summed E-state index contributed by atoms with van der Waals surface area (Å²) in [5.74, 6) is 0.345. The van der Waals surface area contributed by atoms with Crippen LogP contribution in [0.2, 0.25) is 0 Å². The lowest BCUT2D eigenvalue weighted by Crippen LogP contribution is -2.52. The summed E-state index contributed by atoms with van der Waals surface area (Å²) in [6.07, 6.45) is 3.79. The van der Waals surface area contributed by atoms with Crippen molar-refractivity contribution in [2.45, 2.75) is 58.1 Å². The van der Waals surface area contributed by atoms with E-state index in [4.69, 9.17) is 4.11 Å². The maximum absolute atomic E-state index is 8.86. The summed E-state index contributed by atoms with van der Waals surface area (Å²) in [5.41, 5.74) is 7.26.